The summed E-state index contributed by atoms with van der Waals surface area (Å²) >= 11 is 0. The van der Waals surface area contributed by atoms with Crippen LogP contribution in [0.5, 0.6) is 0 Å². The Bertz CT molecular complexity index is 2390. The minimum absolute atomic E-state index is 0.0368. The van der Waals surface area contributed by atoms with Crippen molar-refractivity contribution in [3.8, 4) is 0 Å². The normalized spacial score (nSPS) is 26.5. The van der Waals surface area contributed by atoms with E-state index in [0.29, 0.717) is 96.1 Å². The molecule has 0 aromatic rings. The zero-order chi connectivity index (χ0) is 73.4. The summed E-state index contributed by atoms with van der Waals surface area (Å²) in [5, 5.41) is 116. The topological polar surface area (TPSA) is 509 Å². The zero-order valence-electron chi connectivity index (χ0n) is 58.4. The molecule has 3 aliphatic rings. The van der Waals surface area contributed by atoms with E-state index in [-0.39, 0.29) is 108 Å². The molecule has 0 aromatic carbocycles. The highest BCUT2D eigenvalue weighted by atomic mass is 16.7. The van der Waals surface area contributed by atoms with Crippen LogP contribution in [0.3, 0.4) is 0 Å². The molecule has 3 aliphatic heterocycles. The van der Waals surface area contributed by atoms with E-state index in [2.05, 4.69) is 61.7 Å². The average Bonchev–Trinajstić information content (AvgIpc) is 0.843. The fraction of sp³-hybridized carbons (Fsp3) is 0.862. The van der Waals surface area contributed by atoms with Crippen molar-refractivity contribution in [2.45, 2.75) is 267 Å². The van der Waals surface area contributed by atoms with Crippen LogP contribution in [0.25, 0.3) is 0 Å². The van der Waals surface area contributed by atoms with Gasteiger partial charge in [0.1, 0.15) is 85.1 Å². The first-order valence-electron chi connectivity index (χ1n) is 34.9. The van der Waals surface area contributed by atoms with E-state index < -0.39 is 159 Å². The number of methoxy groups -OCH3 is 1. The van der Waals surface area contributed by atoms with Crippen molar-refractivity contribution in [1.29, 1.82) is 0 Å². The highest BCUT2D eigenvalue weighted by Gasteiger charge is 2.48. The smallest absolute Gasteiger partial charge is 0.243 e. The van der Waals surface area contributed by atoms with E-state index in [0.717, 1.165) is 6.42 Å². The Balaban J connectivity index is 1.65. The number of ether oxygens (including phenoxy) is 7. The minimum atomic E-state index is -1.53. The molecule has 0 saturated carbocycles. The van der Waals surface area contributed by atoms with Gasteiger partial charge in [0.2, 0.25) is 53.2 Å². The van der Waals surface area contributed by atoms with E-state index >= 15 is 0 Å². The second-order valence-electron chi connectivity index (χ2n) is 26.0. The SMILES string of the molecule is COCC(C)CC(C)CNC(=O)CCCCCNC(=O)C(CCCCNC(=O)CCCCOC1OC(CO)C(O)C(O)C1NC(C)=O)NC(=O)C(CCCCNC(=O)CCCCOC1OC(CO)C(O)C(O)C1NC(C)=O)NC(=O)CCCCOC1OC(CO)C(O)C(O)C1NC(C)=O. The second kappa shape index (κ2) is 49.2. The molecule has 3 heterocycles. The maximum atomic E-state index is 14.4. The van der Waals surface area contributed by atoms with Gasteiger partial charge in [0.05, 0.1) is 19.8 Å². The fourth-order valence-corrected chi connectivity index (χ4v) is 11.7. The number of hydrogen-bond acceptors (Lipinski definition) is 25. The van der Waals surface area contributed by atoms with Crippen molar-refractivity contribution >= 4 is 53.2 Å². The maximum absolute atomic E-state index is 14.4. The van der Waals surface area contributed by atoms with Crippen LogP contribution < -0.4 is 47.9 Å². The highest BCUT2D eigenvalue weighted by molar-refractivity contribution is 5.92. The van der Waals surface area contributed by atoms with E-state index in [1.54, 1.807) is 7.11 Å². The molecule has 34 nitrogen and oxygen atoms in total. The van der Waals surface area contributed by atoms with Crippen LogP contribution in [-0.2, 0) is 76.3 Å². The first-order valence-corrected chi connectivity index (χ1v) is 34.9. The molecule has 3 fully saturated rings. The van der Waals surface area contributed by atoms with E-state index in [9.17, 15) is 89.1 Å². The van der Waals surface area contributed by atoms with E-state index in [1.165, 1.54) is 20.8 Å². The number of carbonyl (C=O) groups is 9. The number of aliphatic hydroxyl groups is 9. The lowest BCUT2D eigenvalue weighted by molar-refractivity contribution is -0.270. The van der Waals surface area contributed by atoms with Gasteiger partial charge in [0.15, 0.2) is 18.9 Å². The largest absolute Gasteiger partial charge is 0.394 e. The van der Waals surface area contributed by atoms with Crippen LogP contribution in [0.4, 0.5) is 0 Å². The minimum Gasteiger partial charge on any atom is -0.394 e. The Morgan fingerprint density at radius 2 is 0.758 bits per heavy atom. The number of rotatable bonds is 50. The van der Waals surface area contributed by atoms with Crippen molar-refractivity contribution < 1.29 is 122 Å². The Hall–Kier alpha value is -5.41. The van der Waals surface area contributed by atoms with Crippen molar-refractivity contribution in [3.05, 3.63) is 0 Å². The molecule has 0 radical (unpaired) electrons. The third-order valence-electron chi connectivity index (χ3n) is 17.0. The molecule has 34 heteroatoms. The van der Waals surface area contributed by atoms with Gasteiger partial charge in [-0.3, -0.25) is 43.2 Å². The predicted molar refractivity (Wildman–Crippen MR) is 352 cm³/mol. The summed E-state index contributed by atoms with van der Waals surface area (Å²) in [5.41, 5.74) is 0. The van der Waals surface area contributed by atoms with Gasteiger partial charge in [-0.05, 0) is 108 Å². The monoisotopic (exact) mass is 1420 g/mol. The number of amides is 9. The fourth-order valence-electron chi connectivity index (χ4n) is 11.7. The Kier molecular flexibility index (Phi) is 43.7. The maximum Gasteiger partial charge on any atom is 0.243 e. The van der Waals surface area contributed by atoms with Crippen molar-refractivity contribution in [2.75, 3.05) is 79.5 Å². The lowest BCUT2D eigenvalue weighted by Gasteiger charge is -2.42. The van der Waals surface area contributed by atoms with Crippen LogP contribution >= 0.6 is 0 Å². The first-order chi connectivity index (χ1) is 47.2. The summed E-state index contributed by atoms with van der Waals surface area (Å²) in [5.74, 6) is -3.23. The van der Waals surface area contributed by atoms with Crippen LogP contribution in [0.2, 0.25) is 0 Å². The lowest BCUT2D eigenvalue weighted by atomic mass is 9.97. The van der Waals surface area contributed by atoms with E-state index in [4.69, 9.17) is 33.2 Å². The summed E-state index contributed by atoms with van der Waals surface area (Å²) in [6, 6.07) is -5.65. The molecule has 3 saturated heterocycles. The van der Waals surface area contributed by atoms with Gasteiger partial charge in [-0.1, -0.05) is 20.3 Å². The number of carbonyl (C=O) groups excluding carboxylic acids is 9. The third kappa shape index (κ3) is 34.0. The highest BCUT2D eigenvalue weighted by Crippen LogP contribution is 2.26. The number of unbranched alkanes of at least 4 members (excludes halogenated alkanes) is 7. The van der Waals surface area contributed by atoms with Gasteiger partial charge < -0.3 is 127 Å². The summed E-state index contributed by atoms with van der Waals surface area (Å²) in [6.45, 7) is 7.86. The summed E-state index contributed by atoms with van der Waals surface area (Å²) in [4.78, 5) is 116. The second-order valence-corrected chi connectivity index (χ2v) is 26.0. The molecule has 9 amide bonds. The van der Waals surface area contributed by atoms with Gasteiger partial charge in [-0.2, -0.15) is 0 Å². The summed E-state index contributed by atoms with van der Waals surface area (Å²) in [7, 11) is 1.65. The molecule has 19 atom stereocenters. The van der Waals surface area contributed by atoms with Crippen LogP contribution in [0.1, 0.15) is 163 Å². The van der Waals surface area contributed by atoms with Crippen molar-refractivity contribution in [1.82, 2.24) is 47.9 Å². The lowest BCUT2D eigenvalue weighted by Crippen LogP contribution is -2.64. The molecule has 18 N–H and O–H groups in total. The molecule has 19 unspecified atom stereocenters. The molecular weight excluding hydrogens is 1310 g/mol. The van der Waals surface area contributed by atoms with Gasteiger partial charge in [-0.15, -0.1) is 0 Å². The molecule has 3 rings (SSSR count). The van der Waals surface area contributed by atoms with Crippen LogP contribution in [0, 0.1) is 11.8 Å². The first kappa shape index (κ1) is 87.8. The molecule has 0 bridgehead atoms. The Labute approximate surface area is 579 Å². The molecule has 0 spiro atoms. The van der Waals surface area contributed by atoms with Crippen LogP contribution in [-0.4, -0.2) is 283 Å². The molecule has 99 heavy (non-hydrogen) atoms. The molecular formula is C65H117N9O25. The molecule has 0 aliphatic carbocycles. The molecule has 572 valence electrons. The van der Waals surface area contributed by atoms with Gasteiger partial charge in [-0.25, -0.2) is 0 Å². The van der Waals surface area contributed by atoms with Crippen molar-refractivity contribution in [2.24, 2.45) is 11.8 Å². The van der Waals surface area contributed by atoms with Crippen molar-refractivity contribution in [3.63, 3.8) is 0 Å². The van der Waals surface area contributed by atoms with Crippen LogP contribution in [0.15, 0.2) is 0 Å². The Morgan fingerprint density at radius 3 is 1.14 bits per heavy atom. The summed E-state index contributed by atoms with van der Waals surface area (Å²) in [6.07, 6.45) is -9.39. The average molecular weight is 1420 g/mol. The third-order valence-corrected chi connectivity index (χ3v) is 17.0. The standard InChI is InChI=1S/C65H117N9O25/c1-38(32-39(2)37-93-6)33-69-50(83)22-8-7-14-28-68-61(91)43(20-9-15-26-66-48(81)23-11-17-29-94-63-52(70-40(3)78)58(88)55(85)45(34-75)97-63)74-62(92)44(73-51(84)25-13-19-31-96-65-54(72-42(5)80)60(90)57(87)47(36-77)99-65)21-10-16-27-67-49(82)24-12-18-30-95-64-53(71-41(4)79)59(89)56(86)46(35-76)98-64/h38-39,43-47,52-60,63-65,75-77,85-90H,7-37H2,1-6H3,(H,66,81)(H,67,82)(H,68,91)(H,69,83)(H,70,78)(H,71,79)(H,72,80)(H,73,84)(H,74,92). The van der Waals surface area contributed by atoms with Gasteiger partial charge in [0.25, 0.3) is 0 Å². The molecule has 0 aromatic heterocycles. The summed E-state index contributed by atoms with van der Waals surface area (Å²) < 4.78 is 39.3. The predicted octanol–water partition coefficient (Wildman–Crippen LogP) is -3.98. The number of aliphatic hydroxyl groups excluding tert-OH is 9. The van der Waals surface area contributed by atoms with Gasteiger partial charge >= 0.3 is 0 Å². The van der Waals surface area contributed by atoms with Gasteiger partial charge in [0, 0.05) is 106 Å². The van der Waals surface area contributed by atoms with E-state index in [1.807, 2.05) is 0 Å². The number of hydrogen-bond donors (Lipinski definition) is 18. The number of nitrogens with one attached hydrogen (secondary N) is 9. The Morgan fingerprint density at radius 1 is 0.404 bits per heavy atom. The zero-order valence-corrected chi connectivity index (χ0v) is 58.4. The quantitative estimate of drug-likeness (QED) is 0.0258.